The Morgan fingerprint density at radius 3 is 2.60 bits per heavy atom. The molecule has 2 atom stereocenters. The van der Waals surface area contributed by atoms with E-state index < -0.39 is 29.0 Å². The number of rotatable bonds is 3. The highest BCUT2D eigenvalue weighted by atomic mass is 19.1. The lowest BCUT2D eigenvalue weighted by Crippen LogP contribution is -2.42. The van der Waals surface area contributed by atoms with E-state index >= 15 is 0 Å². The maximum atomic E-state index is 13.4. The standard InChI is InChI=1S/C14H17F3N2O/c1-8-3-2-4-18-12(8)7-13(20)19-14-10(16)5-9(15)6-11(14)17/h5-6,8,12,18H,2-4,7H2,1H3,(H,19,20). The molecule has 20 heavy (non-hydrogen) atoms. The van der Waals surface area contributed by atoms with Crippen molar-refractivity contribution in [3.8, 4) is 0 Å². The molecule has 1 aromatic rings. The molecule has 1 heterocycles. The second-order valence-electron chi connectivity index (χ2n) is 5.18. The third-order valence-corrected chi connectivity index (χ3v) is 3.61. The molecule has 1 aliphatic heterocycles. The summed E-state index contributed by atoms with van der Waals surface area (Å²) in [6.45, 7) is 2.87. The third-order valence-electron chi connectivity index (χ3n) is 3.61. The molecule has 2 rings (SSSR count). The second kappa shape index (κ2) is 6.26. The molecule has 1 aromatic carbocycles. The fourth-order valence-corrected chi connectivity index (χ4v) is 2.44. The SMILES string of the molecule is CC1CCCNC1CC(=O)Nc1c(F)cc(F)cc1F. The van der Waals surface area contributed by atoms with E-state index in [0.717, 1.165) is 19.4 Å². The molecular weight excluding hydrogens is 269 g/mol. The molecule has 6 heteroatoms. The zero-order valence-corrected chi connectivity index (χ0v) is 11.2. The van der Waals surface area contributed by atoms with E-state index in [-0.39, 0.29) is 12.5 Å². The summed E-state index contributed by atoms with van der Waals surface area (Å²) in [5.74, 6) is -3.39. The summed E-state index contributed by atoms with van der Waals surface area (Å²) in [5, 5.41) is 5.39. The van der Waals surface area contributed by atoms with Crippen LogP contribution in [-0.2, 0) is 4.79 Å². The van der Waals surface area contributed by atoms with E-state index in [0.29, 0.717) is 18.1 Å². The van der Waals surface area contributed by atoms with Gasteiger partial charge in [0.2, 0.25) is 5.91 Å². The van der Waals surface area contributed by atoms with Gasteiger partial charge in [0, 0.05) is 24.6 Å². The van der Waals surface area contributed by atoms with E-state index in [1.807, 2.05) is 6.92 Å². The van der Waals surface area contributed by atoms with Gasteiger partial charge in [-0.1, -0.05) is 6.92 Å². The van der Waals surface area contributed by atoms with Crippen LogP contribution in [0.25, 0.3) is 0 Å². The van der Waals surface area contributed by atoms with Gasteiger partial charge in [-0.3, -0.25) is 4.79 Å². The Kier molecular flexibility index (Phi) is 4.65. The van der Waals surface area contributed by atoms with Crippen LogP contribution >= 0.6 is 0 Å². The number of halogens is 3. The van der Waals surface area contributed by atoms with Crippen molar-refractivity contribution in [2.45, 2.75) is 32.2 Å². The first-order valence-electron chi connectivity index (χ1n) is 6.65. The number of carbonyl (C=O) groups excluding carboxylic acids is 1. The summed E-state index contributed by atoms with van der Waals surface area (Å²) >= 11 is 0. The van der Waals surface area contributed by atoms with Crippen LogP contribution in [0.5, 0.6) is 0 Å². The Morgan fingerprint density at radius 1 is 1.35 bits per heavy atom. The predicted molar refractivity (Wildman–Crippen MR) is 69.8 cm³/mol. The van der Waals surface area contributed by atoms with Crippen LogP contribution in [0.15, 0.2) is 12.1 Å². The first-order valence-corrected chi connectivity index (χ1v) is 6.65. The molecule has 1 fully saturated rings. The van der Waals surface area contributed by atoms with Crippen LogP contribution in [-0.4, -0.2) is 18.5 Å². The zero-order valence-electron chi connectivity index (χ0n) is 11.2. The summed E-state index contributed by atoms with van der Waals surface area (Å²) in [5.41, 5.74) is -0.597. The zero-order chi connectivity index (χ0) is 14.7. The predicted octanol–water partition coefficient (Wildman–Crippen LogP) is 2.82. The van der Waals surface area contributed by atoms with Gasteiger partial charge in [-0.2, -0.15) is 0 Å². The maximum absolute atomic E-state index is 13.4. The quantitative estimate of drug-likeness (QED) is 0.897. The molecular formula is C14H17F3N2O. The summed E-state index contributed by atoms with van der Waals surface area (Å²) in [4.78, 5) is 11.8. The highest BCUT2D eigenvalue weighted by Crippen LogP contribution is 2.22. The summed E-state index contributed by atoms with van der Waals surface area (Å²) in [7, 11) is 0. The lowest BCUT2D eigenvalue weighted by Gasteiger charge is -2.29. The average molecular weight is 286 g/mol. The van der Waals surface area contributed by atoms with Crippen molar-refractivity contribution in [1.29, 1.82) is 0 Å². The number of carbonyl (C=O) groups is 1. The van der Waals surface area contributed by atoms with Crippen molar-refractivity contribution in [3.05, 3.63) is 29.6 Å². The first-order chi connectivity index (χ1) is 9.47. The molecule has 0 radical (unpaired) electrons. The minimum absolute atomic E-state index is 0.00433. The van der Waals surface area contributed by atoms with Gasteiger partial charge in [0.05, 0.1) is 0 Å². The Labute approximate surface area is 115 Å². The van der Waals surface area contributed by atoms with Gasteiger partial charge in [0.15, 0.2) is 11.6 Å². The van der Waals surface area contributed by atoms with Gasteiger partial charge in [-0.25, -0.2) is 13.2 Å². The van der Waals surface area contributed by atoms with Gasteiger partial charge in [-0.15, -0.1) is 0 Å². The lowest BCUT2D eigenvalue weighted by molar-refractivity contribution is -0.117. The normalized spacial score (nSPS) is 22.6. The fourth-order valence-electron chi connectivity index (χ4n) is 2.44. The van der Waals surface area contributed by atoms with Crippen LogP contribution in [0, 0.1) is 23.4 Å². The van der Waals surface area contributed by atoms with Crippen molar-refractivity contribution < 1.29 is 18.0 Å². The van der Waals surface area contributed by atoms with E-state index in [4.69, 9.17) is 0 Å². The molecule has 3 nitrogen and oxygen atoms in total. The summed E-state index contributed by atoms with van der Waals surface area (Å²) < 4.78 is 39.6. The molecule has 1 aliphatic rings. The maximum Gasteiger partial charge on any atom is 0.226 e. The molecule has 0 saturated carbocycles. The summed E-state index contributed by atoms with van der Waals surface area (Å²) in [6, 6.07) is 1.08. The molecule has 110 valence electrons. The van der Waals surface area contributed by atoms with Crippen LogP contribution in [0.2, 0.25) is 0 Å². The van der Waals surface area contributed by atoms with Crippen LogP contribution < -0.4 is 10.6 Å². The van der Waals surface area contributed by atoms with Crippen molar-refractivity contribution in [2.75, 3.05) is 11.9 Å². The first kappa shape index (κ1) is 14.8. The number of anilines is 1. The highest BCUT2D eigenvalue weighted by molar-refractivity contribution is 5.91. The van der Waals surface area contributed by atoms with Crippen molar-refractivity contribution in [3.63, 3.8) is 0 Å². The smallest absolute Gasteiger partial charge is 0.226 e. The molecule has 2 unspecified atom stereocenters. The molecule has 1 saturated heterocycles. The Balaban J connectivity index is 2.01. The Hall–Kier alpha value is -1.56. The van der Waals surface area contributed by atoms with Gasteiger partial charge < -0.3 is 10.6 Å². The van der Waals surface area contributed by atoms with Crippen molar-refractivity contribution in [2.24, 2.45) is 5.92 Å². The molecule has 0 aliphatic carbocycles. The lowest BCUT2D eigenvalue weighted by atomic mass is 9.90. The number of benzene rings is 1. The van der Waals surface area contributed by atoms with Crippen molar-refractivity contribution in [1.82, 2.24) is 5.32 Å². The monoisotopic (exact) mass is 286 g/mol. The summed E-state index contributed by atoms with van der Waals surface area (Å²) in [6.07, 6.45) is 2.21. The molecule has 1 amide bonds. The van der Waals surface area contributed by atoms with E-state index in [1.54, 1.807) is 0 Å². The average Bonchev–Trinajstić information content (AvgIpc) is 2.36. The van der Waals surface area contributed by atoms with E-state index in [9.17, 15) is 18.0 Å². The van der Waals surface area contributed by atoms with Crippen LogP contribution in [0.3, 0.4) is 0 Å². The number of hydrogen-bond donors (Lipinski definition) is 2. The molecule has 0 bridgehead atoms. The molecule has 0 aromatic heterocycles. The third kappa shape index (κ3) is 3.50. The van der Waals surface area contributed by atoms with Crippen LogP contribution in [0.1, 0.15) is 26.2 Å². The molecule has 2 N–H and O–H groups in total. The topological polar surface area (TPSA) is 41.1 Å². The number of hydrogen-bond acceptors (Lipinski definition) is 2. The van der Waals surface area contributed by atoms with Crippen LogP contribution in [0.4, 0.5) is 18.9 Å². The van der Waals surface area contributed by atoms with E-state index in [1.165, 1.54) is 0 Å². The van der Waals surface area contributed by atoms with Gasteiger partial charge in [0.1, 0.15) is 11.5 Å². The minimum atomic E-state index is -1.11. The number of amides is 1. The number of nitrogens with one attached hydrogen (secondary N) is 2. The second-order valence-corrected chi connectivity index (χ2v) is 5.18. The van der Waals surface area contributed by atoms with Gasteiger partial charge >= 0.3 is 0 Å². The van der Waals surface area contributed by atoms with E-state index in [2.05, 4.69) is 10.6 Å². The van der Waals surface area contributed by atoms with Crippen molar-refractivity contribution >= 4 is 11.6 Å². The highest BCUT2D eigenvalue weighted by Gasteiger charge is 2.24. The van der Waals surface area contributed by atoms with Gasteiger partial charge in [0.25, 0.3) is 0 Å². The Morgan fingerprint density at radius 2 is 2.00 bits per heavy atom. The largest absolute Gasteiger partial charge is 0.321 e. The fraction of sp³-hybridized carbons (Fsp3) is 0.500. The molecule has 0 spiro atoms. The minimum Gasteiger partial charge on any atom is -0.321 e. The van der Waals surface area contributed by atoms with Gasteiger partial charge in [-0.05, 0) is 25.3 Å². The number of piperidine rings is 1. The Bertz CT molecular complexity index is 484.